The Kier molecular flexibility index (Phi) is 4.57. The van der Waals surface area contributed by atoms with Crippen molar-refractivity contribution in [3.8, 4) is 5.75 Å². The zero-order chi connectivity index (χ0) is 16.4. The van der Waals surface area contributed by atoms with Gasteiger partial charge in [0.25, 0.3) is 0 Å². The maximum Gasteiger partial charge on any atom is 0.243 e. The molecule has 0 aromatic heterocycles. The van der Waals surface area contributed by atoms with E-state index in [0.29, 0.717) is 18.0 Å². The number of likely N-dealkylation sites (N-methyl/N-ethyl adjacent to an activating group) is 1. The van der Waals surface area contributed by atoms with E-state index in [9.17, 15) is 8.42 Å². The molecule has 0 bridgehead atoms. The smallest absolute Gasteiger partial charge is 0.243 e. The molecule has 0 N–H and O–H groups in total. The number of sulfonamides is 1. The molecule has 0 radical (unpaired) electrons. The fourth-order valence-corrected chi connectivity index (χ4v) is 4.38. The van der Waals surface area contributed by atoms with Crippen molar-refractivity contribution in [1.82, 2.24) is 9.21 Å². The standard InChI is InChI=1S/C17H22N2O3S/c1-3-18-8-10-19(11-9-18)23(20,21)17-7-5-14-12-16(22-2)6-4-15(14)13-17/h4-7,12-13H,3,8-11H2,1-2H3. The normalized spacial score (nSPS) is 17.5. The Morgan fingerprint density at radius 3 is 2.30 bits per heavy atom. The summed E-state index contributed by atoms with van der Waals surface area (Å²) < 4.78 is 32.5. The number of nitrogens with zero attached hydrogens (tertiary/aromatic N) is 2. The van der Waals surface area contributed by atoms with Crippen molar-refractivity contribution in [2.45, 2.75) is 11.8 Å². The zero-order valence-corrected chi connectivity index (χ0v) is 14.3. The van der Waals surface area contributed by atoms with E-state index in [0.717, 1.165) is 36.2 Å². The molecule has 2 aromatic rings. The highest BCUT2D eigenvalue weighted by atomic mass is 32.2. The van der Waals surface area contributed by atoms with Crippen molar-refractivity contribution in [1.29, 1.82) is 0 Å². The lowest BCUT2D eigenvalue weighted by Crippen LogP contribution is -2.48. The molecule has 0 spiro atoms. The topological polar surface area (TPSA) is 49.9 Å². The van der Waals surface area contributed by atoms with Gasteiger partial charge in [-0.2, -0.15) is 4.31 Å². The average Bonchev–Trinajstić information content (AvgIpc) is 2.60. The third kappa shape index (κ3) is 3.20. The Labute approximate surface area is 137 Å². The first-order valence-corrected chi connectivity index (χ1v) is 9.29. The van der Waals surface area contributed by atoms with Crippen molar-refractivity contribution < 1.29 is 13.2 Å². The maximum absolute atomic E-state index is 12.8. The molecule has 6 heteroatoms. The SMILES string of the molecule is CCN1CCN(S(=O)(=O)c2ccc3cc(OC)ccc3c2)CC1. The summed E-state index contributed by atoms with van der Waals surface area (Å²) in [7, 11) is -1.80. The van der Waals surface area contributed by atoms with Crippen LogP contribution in [0.4, 0.5) is 0 Å². The second-order valence-electron chi connectivity index (χ2n) is 5.71. The first-order chi connectivity index (χ1) is 11.0. The van der Waals surface area contributed by atoms with E-state index in [4.69, 9.17) is 4.74 Å². The molecule has 1 aliphatic rings. The minimum absolute atomic E-state index is 0.361. The van der Waals surface area contributed by atoms with Gasteiger partial charge in [-0.1, -0.05) is 19.1 Å². The van der Waals surface area contributed by atoms with E-state index in [2.05, 4.69) is 11.8 Å². The van der Waals surface area contributed by atoms with Crippen LogP contribution in [0.3, 0.4) is 0 Å². The van der Waals surface area contributed by atoms with Crippen LogP contribution in [0, 0.1) is 0 Å². The van der Waals surface area contributed by atoms with Gasteiger partial charge in [-0.05, 0) is 41.6 Å². The van der Waals surface area contributed by atoms with Crippen LogP contribution in [0.15, 0.2) is 41.3 Å². The molecule has 1 heterocycles. The number of piperazine rings is 1. The van der Waals surface area contributed by atoms with Crippen LogP contribution in [0.1, 0.15) is 6.92 Å². The van der Waals surface area contributed by atoms with E-state index in [-0.39, 0.29) is 0 Å². The maximum atomic E-state index is 12.8. The van der Waals surface area contributed by atoms with Crippen LogP contribution in [0.2, 0.25) is 0 Å². The van der Waals surface area contributed by atoms with Gasteiger partial charge < -0.3 is 9.64 Å². The lowest BCUT2D eigenvalue weighted by atomic mass is 10.1. The third-order valence-corrected chi connectivity index (χ3v) is 6.33. The van der Waals surface area contributed by atoms with Gasteiger partial charge in [0.05, 0.1) is 12.0 Å². The molecule has 0 aliphatic carbocycles. The summed E-state index contributed by atoms with van der Waals surface area (Å²) in [5.74, 6) is 0.767. The summed E-state index contributed by atoms with van der Waals surface area (Å²) in [6.07, 6.45) is 0. The summed E-state index contributed by atoms with van der Waals surface area (Å²) in [6, 6.07) is 10.9. The van der Waals surface area contributed by atoms with Gasteiger partial charge in [0, 0.05) is 26.2 Å². The second kappa shape index (κ2) is 6.47. The summed E-state index contributed by atoms with van der Waals surface area (Å²) in [6.45, 7) is 5.75. The number of ether oxygens (including phenoxy) is 1. The number of benzene rings is 2. The van der Waals surface area contributed by atoms with Gasteiger partial charge in [-0.15, -0.1) is 0 Å². The Morgan fingerprint density at radius 1 is 1.00 bits per heavy atom. The molecule has 5 nitrogen and oxygen atoms in total. The molecule has 2 aromatic carbocycles. The van der Waals surface area contributed by atoms with E-state index in [1.165, 1.54) is 0 Å². The molecular formula is C17H22N2O3S. The molecule has 0 saturated carbocycles. The molecule has 124 valence electrons. The largest absolute Gasteiger partial charge is 0.497 e. The van der Waals surface area contributed by atoms with Crippen molar-refractivity contribution >= 4 is 20.8 Å². The molecule has 0 atom stereocenters. The number of hydrogen-bond donors (Lipinski definition) is 0. The Morgan fingerprint density at radius 2 is 1.65 bits per heavy atom. The van der Waals surface area contributed by atoms with Gasteiger partial charge in [0.2, 0.25) is 10.0 Å². The minimum Gasteiger partial charge on any atom is -0.497 e. The average molecular weight is 334 g/mol. The van der Waals surface area contributed by atoms with Gasteiger partial charge in [0.1, 0.15) is 5.75 Å². The van der Waals surface area contributed by atoms with Crippen LogP contribution in [-0.4, -0.2) is 57.5 Å². The van der Waals surface area contributed by atoms with E-state index >= 15 is 0 Å². The fraction of sp³-hybridized carbons (Fsp3) is 0.412. The highest BCUT2D eigenvalue weighted by Crippen LogP contribution is 2.25. The van der Waals surface area contributed by atoms with Crippen LogP contribution >= 0.6 is 0 Å². The number of methoxy groups -OCH3 is 1. The molecule has 0 amide bonds. The van der Waals surface area contributed by atoms with Crippen molar-refractivity contribution in [2.75, 3.05) is 39.8 Å². The summed E-state index contributed by atoms with van der Waals surface area (Å²) in [5, 5.41) is 1.87. The molecule has 1 aliphatic heterocycles. The predicted molar refractivity (Wildman–Crippen MR) is 91.4 cm³/mol. The molecule has 3 rings (SSSR count). The first kappa shape index (κ1) is 16.2. The Hall–Kier alpha value is -1.63. The summed E-state index contributed by atoms with van der Waals surface area (Å²) in [4.78, 5) is 2.62. The van der Waals surface area contributed by atoms with Crippen LogP contribution in [0.25, 0.3) is 10.8 Å². The monoisotopic (exact) mass is 334 g/mol. The van der Waals surface area contributed by atoms with Crippen LogP contribution in [-0.2, 0) is 10.0 Å². The van der Waals surface area contributed by atoms with Crippen LogP contribution in [0.5, 0.6) is 5.75 Å². The quantitative estimate of drug-likeness (QED) is 0.860. The predicted octanol–water partition coefficient (Wildman–Crippen LogP) is 2.17. The number of fused-ring (bicyclic) bond motifs is 1. The van der Waals surface area contributed by atoms with Crippen LogP contribution < -0.4 is 4.74 Å². The lowest BCUT2D eigenvalue weighted by Gasteiger charge is -2.33. The molecule has 1 fully saturated rings. The second-order valence-corrected chi connectivity index (χ2v) is 7.65. The van der Waals surface area contributed by atoms with Gasteiger partial charge in [-0.3, -0.25) is 0 Å². The fourth-order valence-electron chi connectivity index (χ4n) is 2.92. The van der Waals surface area contributed by atoms with Crippen molar-refractivity contribution in [3.05, 3.63) is 36.4 Å². The van der Waals surface area contributed by atoms with E-state index < -0.39 is 10.0 Å². The third-order valence-electron chi connectivity index (χ3n) is 4.44. The first-order valence-electron chi connectivity index (χ1n) is 7.85. The highest BCUT2D eigenvalue weighted by molar-refractivity contribution is 7.89. The molecule has 1 saturated heterocycles. The zero-order valence-electron chi connectivity index (χ0n) is 13.5. The molecule has 23 heavy (non-hydrogen) atoms. The number of rotatable bonds is 4. The highest BCUT2D eigenvalue weighted by Gasteiger charge is 2.28. The van der Waals surface area contributed by atoms with Gasteiger partial charge >= 0.3 is 0 Å². The van der Waals surface area contributed by atoms with Gasteiger partial charge in [0.15, 0.2) is 0 Å². The van der Waals surface area contributed by atoms with Crippen molar-refractivity contribution in [3.63, 3.8) is 0 Å². The van der Waals surface area contributed by atoms with E-state index in [1.807, 2.05) is 24.3 Å². The van der Waals surface area contributed by atoms with E-state index in [1.54, 1.807) is 23.5 Å². The molecular weight excluding hydrogens is 312 g/mol. The van der Waals surface area contributed by atoms with Crippen molar-refractivity contribution in [2.24, 2.45) is 0 Å². The Balaban J connectivity index is 1.89. The Bertz CT molecular complexity index is 797. The molecule has 0 unspecified atom stereocenters. The minimum atomic E-state index is -3.43. The summed E-state index contributed by atoms with van der Waals surface area (Å²) >= 11 is 0. The summed E-state index contributed by atoms with van der Waals surface area (Å²) in [5.41, 5.74) is 0. The lowest BCUT2D eigenvalue weighted by molar-refractivity contribution is 0.196. The number of hydrogen-bond acceptors (Lipinski definition) is 4. The van der Waals surface area contributed by atoms with Gasteiger partial charge in [-0.25, -0.2) is 8.42 Å².